The molecule has 1 amide bonds. The second-order valence-electron chi connectivity index (χ2n) is 8.20. The van der Waals surface area contributed by atoms with Crippen LogP contribution in [0.15, 0.2) is 46.9 Å². The molecule has 9 nitrogen and oxygen atoms in total. The number of amides is 1. The molecule has 194 valence electrons. The number of nitrogens with one attached hydrogen (secondary N) is 3. The van der Waals surface area contributed by atoms with Crippen LogP contribution in [-0.2, 0) is 23.0 Å². The van der Waals surface area contributed by atoms with Crippen LogP contribution in [0.3, 0.4) is 0 Å². The maximum Gasteiger partial charge on any atom is 0.307 e. The molecule has 4 N–H and O–H groups in total. The summed E-state index contributed by atoms with van der Waals surface area (Å²) in [5, 5.41) is 16.5. The van der Waals surface area contributed by atoms with E-state index in [2.05, 4.69) is 42.9 Å². The number of hydrogen-bond donors (Lipinski definition) is 4. The molecule has 0 saturated carbocycles. The quantitative estimate of drug-likeness (QED) is 0.239. The molecule has 0 bridgehead atoms. The summed E-state index contributed by atoms with van der Waals surface area (Å²) in [5.41, 5.74) is 1.34. The second-order valence-corrected chi connectivity index (χ2v) is 11.2. The summed E-state index contributed by atoms with van der Waals surface area (Å²) in [6.45, 7) is 1.95. The zero-order valence-electron chi connectivity index (χ0n) is 19.4. The minimum atomic E-state index is -3.67. The average Bonchev–Trinajstić information content (AvgIpc) is 3.11. The fourth-order valence-electron chi connectivity index (χ4n) is 3.41. The van der Waals surface area contributed by atoms with Crippen molar-refractivity contribution in [3.63, 3.8) is 0 Å². The molecule has 2 aromatic carbocycles. The zero-order chi connectivity index (χ0) is 26.5. The topological polar surface area (TPSA) is 134 Å². The number of aliphatic hydroxyl groups excluding tert-OH is 1. The lowest BCUT2D eigenvalue weighted by atomic mass is 10.0. The van der Waals surface area contributed by atoms with Gasteiger partial charge in [0.2, 0.25) is 15.9 Å². The number of nitrogens with zero attached hydrogens (tertiary/aromatic N) is 1. The third-order valence-electron chi connectivity index (χ3n) is 5.00. The summed E-state index contributed by atoms with van der Waals surface area (Å²) >= 11 is 2.19. The molecule has 13 heteroatoms. The van der Waals surface area contributed by atoms with Crippen molar-refractivity contribution in [2.45, 2.75) is 32.0 Å². The largest absolute Gasteiger partial charge is 0.415 e. The number of carbonyl (C=O) groups is 1. The van der Waals surface area contributed by atoms with Crippen LogP contribution in [0.4, 0.5) is 14.7 Å². The number of sulfonamides is 1. The molecule has 2 unspecified atom stereocenters. The smallest absolute Gasteiger partial charge is 0.307 e. The van der Waals surface area contributed by atoms with Crippen molar-refractivity contribution in [1.82, 2.24) is 15.6 Å². The minimum Gasteiger partial charge on any atom is -0.415 e. The summed E-state index contributed by atoms with van der Waals surface area (Å²) in [5.74, 6) is -3.07. The first kappa shape index (κ1) is 28.0. The molecule has 0 aliphatic carbocycles. The maximum atomic E-state index is 13.7. The van der Waals surface area contributed by atoms with E-state index in [4.69, 9.17) is 4.42 Å². The first-order valence-corrected chi connectivity index (χ1v) is 13.7. The van der Waals surface area contributed by atoms with Crippen LogP contribution >= 0.6 is 22.6 Å². The van der Waals surface area contributed by atoms with Gasteiger partial charge in [-0.05, 0) is 71.3 Å². The second kappa shape index (κ2) is 12.1. The monoisotopic (exact) mass is 634 g/mol. The predicted octanol–water partition coefficient (Wildman–Crippen LogP) is 2.73. The van der Waals surface area contributed by atoms with Crippen LogP contribution in [-0.4, -0.2) is 49.4 Å². The Bertz CT molecular complexity index is 1320. The van der Waals surface area contributed by atoms with Gasteiger partial charge < -0.3 is 20.2 Å². The van der Waals surface area contributed by atoms with E-state index in [0.717, 1.165) is 33.6 Å². The molecule has 0 aliphatic rings. The van der Waals surface area contributed by atoms with Gasteiger partial charge in [0.1, 0.15) is 17.3 Å². The molecule has 0 fully saturated rings. The van der Waals surface area contributed by atoms with Gasteiger partial charge in [-0.2, -0.15) is 0 Å². The van der Waals surface area contributed by atoms with Crippen LogP contribution < -0.4 is 15.4 Å². The number of hydrogen-bond acceptors (Lipinski definition) is 7. The molecule has 0 saturated heterocycles. The minimum absolute atomic E-state index is 0.0553. The van der Waals surface area contributed by atoms with E-state index in [1.165, 1.54) is 6.92 Å². The van der Waals surface area contributed by atoms with E-state index in [1.54, 1.807) is 0 Å². The molecule has 2 atom stereocenters. The Morgan fingerprint density at radius 2 is 1.86 bits per heavy atom. The zero-order valence-corrected chi connectivity index (χ0v) is 22.4. The van der Waals surface area contributed by atoms with E-state index >= 15 is 0 Å². The lowest BCUT2D eigenvalue weighted by molar-refractivity contribution is 0.0799. The summed E-state index contributed by atoms with van der Waals surface area (Å²) in [7, 11) is -3.67. The van der Waals surface area contributed by atoms with Crippen molar-refractivity contribution in [3.8, 4) is 0 Å². The van der Waals surface area contributed by atoms with Gasteiger partial charge in [-0.1, -0.05) is 12.1 Å². The van der Waals surface area contributed by atoms with Crippen molar-refractivity contribution >= 4 is 44.4 Å². The molecule has 1 aromatic heterocycles. The van der Waals surface area contributed by atoms with Crippen molar-refractivity contribution in [2.24, 2.45) is 0 Å². The number of anilines is 1. The van der Waals surface area contributed by atoms with Crippen LogP contribution in [0, 0.1) is 22.1 Å². The Labute approximate surface area is 220 Å². The highest BCUT2D eigenvalue weighted by Crippen LogP contribution is 2.18. The van der Waals surface area contributed by atoms with Crippen LogP contribution in [0.5, 0.6) is 0 Å². The number of aromatic nitrogens is 1. The van der Waals surface area contributed by atoms with Gasteiger partial charge in [0.05, 0.1) is 18.4 Å². The van der Waals surface area contributed by atoms with Gasteiger partial charge >= 0.3 is 5.91 Å². The summed E-state index contributed by atoms with van der Waals surface area (Å²) in [6.07, 6.45) is -0.337. The number of aryl methyl sites for hydroxylation is 1. The average molecular weight is 634 g/mol. The Balaban J connectivity index is 1.75. The molecule has 0 radical (unpaired) electrons. The van der Waals surface area contributed by atoms with Gasteiger partial charge in [-0.25, -0.2) is 22.2 Å². The van der Waals surface area contributed by atoms with Gasteiger partial charge in [-0.3, -0.25) is 9.52 Å². The molecular weight excluding hydrogens is 609 g/mol. The number of rotatable bonds is 11. The highest BCUT2D eigenvalue weighted by molar-refractivity contribution is 14.1. The van der Waals surface area contributed by atoms with Crippen LogP contribution in [0.1, 0.15) is 27.5 Å². The van der Waals surface area contributed by atoms with Crippen molar-refractivity contribution in [2.75, 3.05) is 17.5 Å². The highest BCUT2D eigenvalue weighted by atomic mass is 127. The van der Waals surface area contributed by atoms with Gasteiger partial charge in [0.15, 0.2) is 0 Å². The van der Waals surface area contributed by atoms with E-state index in [9.17, 15) is 27.1 Å². The van der Waals surface area contributed by atoms with Gasteiger partial charge in [-0.15, -0.1) is 0 Å². The first-order valence-electron chi connectivity index (χ1n) is 10.7. The molecule has 0 spiro atoms. The summed E-state index contributed by atoms with van der Waals surface area (Å²) in [6, 6.07) is 9.70. The third-order valence-corrected chi connectivity index (χ3v) is 6.23. The normalized spacial score (nSPS) is 13.3. The number of halogens is 3. The molecular formula is C23H25F2IN4O5S. The molecule has 3 rings (SSSR count). The Hall–Kier alpha value is -2.62. The molecule has 1 heterocycles. The van der Waals surface area contributed by atoms with E-state index in [-0.39, 0.29) is 30.1 Å². The number of aliphatic hydroxyl groups is 1. The van der Waals surface area contributed by atoms with Gasteiger partial charge in [0, 0.05) is 22.7 Å². The third kappa shape index (κ3) is 8.50. The van der Waals surface area contributed by atoms with Crippen molar-refractivity contribution in [1.29, 1.82) is 0 Å². The maximum absolute atomic E-state index is 13.7. The fraction of sp³-hybridized carbons (Fsp3) is 0.304. The van der Waals surface area contributed by atoms with Gasteiger partial charge in [0.25, 0.3) is 5.89 Å². The Morgan fingerprint density at radius 3 is 2.50 bits per heavy atom. The molecule has 0 aliphatic heterocycles. The van der Waals surface area contributed by atoms with Crippen LogP contribution in [0.25, 0.3) is 0 Å². The molecule has 36 heavy (non-hydrogen) atoms. The lowest BCUT2D eigenvalue weighted by Gasteiger charge is -2.24. The Morgan fingerprint density at radius 1 is 1.17 bits per heavy atom. The van der Waals surface area contributed by atoms with Crippen molar-refractivity contribution in [3.05, 3.63) is 80.4 Å². The first-order chi connectivity index (χ1) is 16.9. The lowest BCUT2D eigenvalue weighted by Crippen LogP contribution is -2.48. The summed E-state index contributed by atoms with van der Waals surface area (Å²) < 4.78 is 58.8. The van der Waals surface area contributed by atoms with E-state index in [0.29, 0.717) is 6.54 Å². The van der Waals surface area contributed by atoms with Crippen LogP contribution in [0.2, 0.25) is 0 Å². The fourth-order valence-corrected chi connectivity index (χ4v) is 4.54. The highest BCUT2D eigenvalue weighted by Gasteiger charge is 2.26. The SMILES string of the molecule is Cc1nc(C(=O)NC(Cc2cc(F)cc(F)c2)C(O)CNCc2cccc(I)c2)oc1NS(C)(=O)=O. The Kier molecular flexibility index (Phi) is 9.38. The van der Waals surface area contributed by atoms with Crippen molar-refractivity contribution < 1.29 is 31.5 Å². The number of carbonyl (C=O) groups excluding carboxylic acids is 1. The number of oxazole rings is 1. The van der Waals surface area contributed by atoms with E-state index in [1.807, 2.05) is 24.3 Å². The number of benzene rings is 2. The molecule has 3 aromatic rings. The van der Waals surface area contributed by atoms with E-state index < -0.39 is 45.6 Å². The standard InChI is InChI=1S/C23H25F2IN4O5S/c1-13-22(30-36(2,33)34)35-23(28-13)21(32)29-19(9-15-6-16(24)10-17(25)7-15)20(31)12-27-11-14-4-3-5-18(26)8-14/h3-8,10,19-20,27,30-31H,9,11-12H2,1-2H3,(H,29,32). The predicted molar refractivity (Wildman–Crippen MR) is 138 cm³/mol. The summed E-state index contributed by atoms with van der Waals surface area (Å²) in [4.78, 5) is 16.8.